The molecule has 0 unspecified atom stereocenters. The van der Waals surface area contributed by atoms with Crippen molar-refractivity contribution in [2.24, 2.45) is 0 Å². The van der Waals surface area contributed by atoms with Crippen molar-refractivity contribution in [2.45, 2.75) is 20.3 Å². The van der Waals surface area contributed by atoms with Crippen LogP contribution in [0, 0.1) is 11.8 Å². The SMILES string of the molecule is CCCN(CC)C(=O)c1ccc(C#CCO)cn1. The smallest absolute Gasteiger partial charge is 0.272 e. The van der Waals surface area contributed by atoms with E-state index in [2.05, 4.69) is 16.8 Å². The predicted octanol–water partition coefficient (Wildman–Crippen LogP) is 1.30. The third-order valence-corrected chi connectivity index (χ3v) is 2.46. The number of hydrogen-bond donors (Lipinski definition) is 1. The number of rotatable bonds is 4. The summed E-state index contributed by atoms with van der Waals surface area (Å²) in [4.78, 5) is 18.0. The van der Waals surface area contributed by atoms with Crippen molar-refractivity contribution in [3.8, 4) is 11.8 Å². The topological polar surface area (TPSA) is 53.4 Å². The fraction of sp³-hybridized carbons (Fsp3) is 0.429. The molecular weight excluding hydrogens is 228 g/mol. The fourth-order valence-electron chi connectivity index (χ4n) is 1.57. The lowest BCUT2D eigenvalue weighted by Gasteiger charge is -2.19. The monoisotopic (exact) mass is 246 g/mol. The van der Waals surface area contributed by atoms with E-state index in [0.717, 1.165) is 13.0 Å². The summed E-state index contributed by atoms with van der Waals surface area (Å²) in [5, 5.41) is 8.58. The highest BCUT2D eigenvalue weighted by Gasteiger charge is 2.13. The van der Waals surface area contributed by atoms with E-state index < -0.39 is 0 Å². The number of pyridine rings is 1. The molecule has 1 amide bonds. The zero-order valence-corrected chi connectivity index (χ0v) is 10.8. The van der Waals surface area contributed by atoms with Gasteiger partial charge in [0.05, 0.1) is 0 Å². The van der Waals surface area contributed by atoms with E-state index in [0.29, 0.717) is 17.8 Å². The first kappa shape index (κ1) is 14.2. The third-order valence-electron chi connectivity index (χ3n) is 2.46. The zero-order chi connectivity index (χ0) is 13.4. The summed E-state index contributed by atoms with van der Waals surface area (Å²) in [5.74, 6) is 5.22. The van der Waals surface area contributed by atoms with Gasteiger partial charge in [-0.15, -0.1) is 0 Å². The average Bonchev–Trinajstić information content (AvgIpc) is 2.42. The summed E-state index contributed by atoms with van der Waals surface area (Å²) in [6.07, 6.45) is 2.48. The summed E-state index contributed by atoms with van der Waals surface area (Å²) in [7, 11) is 0. The lowest BCUT2D eigenvalue weighted by Crippen LogP contribution is -2.32. The Morgan fingerprint density at radius 2 is 2.22 bits per heavy atom. The van der Waals surface area contributed by atoms with Crippen LogP contribution in [0.3, 0.4) is 0 Å². The second-order valence-electron chi connectivity index (χ2n) is 3.78. The molecule has 0 saturated carbocycles. The molecule has 0 aromatic carbocycles. The zero-order valence-electron chi connectivity index (χ0n) is 10.8. The molecule has 1 N–H and O–H groups in total. The minimum atomic E-state index is -0.180. The third kappa shape index (κ3) is 3.86. The number of carbonyl (C=O) groups is 1. The van der Waals surface area contributed by atoms with Gasteiger partial charge in [-0.2, -0.15) is 0 Å². The Balaban J connectivity index is 2.80. The summed E-state index contributed by atoms with van der Waals surface area (Å²) < 4.78 is 0. The van der Waals surface area contributed by atoms with Gasteiger partial charge in [-0.3, -0.25) is 4.79 Å². The lowest BCUT2D eigenvalue weighted by atomic mass is 10.2. The molecule has 0 saturated heterocycles. The molecule has 96 valence electrons. The maximum atomic E-state index is 12.1. The fourth-order valence-corrected chi connectivity index (χ4v) is 1.57. The summed E-state index contributed by atoms with van der Waals surface area (Å²) in [5.41, 5.74) is 1.12. The van der Waals surface area contributed by atoms with Gasteiger partial charge in [0.2, 0.25) is 0 Å². The van der Waals surface area contributed by atoms with Crippen molar-refractivity contribution >= 4 is 5.91 Å². The van der Waals surface area contributed by atoms with Crippen molar-refractivity contribution in [1.29, 1.82) is 0 Å². The molecule has 1 heterocycles. The van der Waals surface area contributed by atoms with Gasteiger partial charge >= 0.3 is 0 Å². The van der Waals surface area contributed by atoms with Crippen molar-refractivity contribution < 1.29 is 9.90 Å². The van der Waals surface area contributed by atoms with Crippen molar-refractivity contribution in [3.63, 3.8) is 0 Å². The molecule has 18 heavy (non-hydrogen) atoms. The Hall–Kier alpha value is -1.86. The van der Waals surface area contributed by atoms with Crippen LogP contribution < -0.4 is 0 Å². The second-order valence-corrected chi connectivity index (χ2v) is 3.78. The average molecular weight is 246 g/mol. The number of amides is 1. The van der Waals surface area contributed by atoms with Gasteiger partial charge < -0.3 is 10.0 Å². The van der Waals surface area contributed by atoms with Crippen LogP contribution in [0.4, 0.5) is 0 Å². The van der Waals surface area contributed by atoms with Gasteiger partial charge in [-0.05, 0) is 25.5 Å². The molecule has 0 aliphatic heterocycles. The molecule has 0 aliphatic carbocycles. The first-order valence-electron chi connectivity index (χ1n) is 6.08. The van der Waals surface area contributed by atoms with E-state index in [9.17, 15) is 4.79 Å². The van der Waals surface area contributed by atoms with Crippen LogP contribution in [0.15, 0.2) is 18.3 Å². The highest BCUT2D eigenvalue weighted by atomic mass is 16.2. The summed E-state index contributed by atoms with van der Waals surface area (Å²) in [6.45, 7) is 5.23. The minimum absolute atomic E-state index is 0.0546. The Labute approximate surface area is 108 Å². The van der Waals surface area contributed by atoms with Crippen LogP contribution in [0.2, 0.25) is 0 Å². The Morgan fingerprint density at radius 1 is 1.44 bits per heavy atom. The van der Waals surface area contributed by atoms with Crippen LogP contribution in [0.5, 0.6) is 0 Å². The van der Waals surface area contributed by atoms with Gasteiger partial charge in [0.25, 0.3) is 5.91 Å². The molecular formula is C14H18N2O2. The molecule has 4 nitrogen and oxygen atoms in total. The van der Waals surface area contributed by atoms with Crippen LogP contribution in [-0.2, 0) is 0 Å². The largest absolute Gasteiger partial charge is 0.384 e. The molecule has 0 bridgehead atoms. The minimum Gasteiger partial charge on any atom is -0.384 e. The molecule has 0 atom stereocenters. The quantitative estimate of drug-likeness (QED) is 0.815. The van der Waals surface area contributed by atoms with Gasteiger partial charge in [0, 0.05) is 24.8 Å². The maximum Gasteiger partial charge on any atom is 0.272 e. The first-order chi connectivity index (χ1) is 8.72. The van der Waals surface area contributed by atoms with Gasteiger partial charge in [0.15, 0.2) is 0 Å². The predicted molar refractivity (Wildman–Crippen MR) is 70.1 cm³/mol. The number of hydrogen-bond acceptors (Lipinski definition) is 3. The highest BCUT2D eigenvalue weighted by molar-refractivity contribution is 5.92. The second kappa shape index (κ2) is 7.46. The van der Waals surface area contributed by atoms with Gasteiger partial charge in [0.1, 0.15) is 12.3 Å². The maximum absolute atomic E-state index is 12.1. The van der Waals surface area contributed by atoms with E-state index in [4.69, 9.17) is 5.11 Å². The van der Waals surface area contributed by atoms with Crippen LogP contribution in [-0.4, -0.2) is 40.6 Å². The number of aliphatic hydroxyl groups is 1. The normalized spacial score (nSPS) is 9.50. The van der Waals surface area contributed by atoms with E-state index >= 15 is 0 Å². The van der Waals surface area contributed by atoms with Crippen molar-refractivity contribution in [2.75, 3.05) is 19.7 Å². The van der Waals surface area contributed by atoms with Gasteiger partial charge in [-0.25, -0.2) is 4.98 Å². The Bertz CT molecular complexity index is 443. The molecule has 1 aromatic rings. The van der Waals surface area contributed by atoms with Crippen LogP contribution in [0.1, 0.15) is 36.3 Å². The number of aromatic nitrogens is 1. The first-order valence-corrected chi connectivity index (χ1v) is 6.08. The van der Waals surface area contributed by atoms with Gasteiger partial charge in [-0.1, -0.05) is 18.8 Å². The Morgan fingerprint density at radius 3 is 2.72 bits per heavy atom. The van der Waals surface area contributed by atoms with Crippen LogP contribution in [0.25, 0.3) is 0 Å². The molecule has 0 aliphatic rings. The molecule has 0 radical (unpaired) electrons. The molecule has 0 fully saturated rings. The summed E-state index contributed by atoms with van der Waals surface area (Å²) in [6, 6.07) is 3.41. The van der Waals surface area contributed by atoms with E-state index in [1.54, 1.807) is 23.2 Å². The van der Waals surface area contributed by atoms with Crippen molar-refractivity contribution in [3.05, 3.63) is 29.6 Å². The van der Waals surface area contributed by atoms with E-state index in [1.807, 2.05) is 13.8 Å². The van der Waals surface area contributed by atoms with Crippen molar-refractivity contribution in [1.82, 2.24) is 9.88 Å². The standard InChI is InChI=1S/C14H18N2O2/c1-3-9-16(4-2)14(18)13-8-7-12(11-15-13)6-5-10-17/h7-8,11,17H,3-4,9-10H2,1-2H3. The molecule has 1 rings (SSSR count). The number of aliphatic hydroxyl groups excluding tert-OH is 1. The molecule has 0 spiro atoms. The highest BCUT2D eigenvalue weighted by Crippen LogP contribution is 2.04. The molecule has 4 heteroatoms. The molecule has 1 aromatic heterocycles. The number of nitrogens with zero attached hydrogens (tertiary/aromatic N) is 2. The number of carbonyl (C=O) groups excluding carboxylic acids is 1. The lowest BCUT2D eigenvalue weighted by molar-refractivity contribution is 0.0758. The Kier molecular flexibility index (Phi) is 5.89. The van der Waals surface area contributed by atoms with E-state index in [1.165, 1.54) is 0 Å². The van der Waals surface area contributed by atoms with Crippen LogP contribution >= 0.6 is 0 Å². The van der Waals surface area contributed by atoms with E-state index in [-0.39, 0.29) is 12.5 Å². The summed E-state index contributed by atoms with van der Waals surface area (Å²) >= 11 is 0.